The molecule has 0 aromatic heterocycles. The summed E-state index contributed by atoms with van der Waals surface area (Å²) >= 11 is 12.5. The topological polar surface area (TPSA) is 64.2 Å². The monoisotopic (exact) mass is 698 g/mol. The predicted molar refractivity (Wildman–Crippen MR) is 173 cm³/mol. The van der Waals surface area contributed by atoms with Gasteiger partial charge in [0, 0.05) is 37.8 Å². The molecule has 3 fully saturated rings. The van der Waals surface area contributed by atoms with Gasteiger partial charge in [-0.1, -0.05) is 35.3 Å². The van der Waals surface area contributed by atoms with E-state index in [4.69, 9.17) is 23.2 Å². The number of carbonyl (C=O) groups excluding carboxylic acids is 3. The van der Waals surface area contributed by atoms with Crippen molar-refractivity contribution in [1.29, 1.82) is 0 Å². The third-order valence-corrected chi connectivity index (χ3v) is 10.4. The third-order valence-electron chi connectivity index (χ3n) is 9.68. The van der Waals surface area contributed by atoms with Crippen molar-refractivity contribution in [3.63, 3.8) is 0 Å². The minimum atomic E-state index is -5.03. The first-order valence-electron chi connectivity index (χ1n) is 16.3. The highest BCUT2D eigenvalue weighted by molar-refractivity contribution is 6.42. The number of rotatable bonds is 9. The molecule has 0 bridgehead atoms. The van der Waals surface area contributed by atoms with Crippen molar-refractivity contribution in [2.24, 2.45) is 11.8 Å². The number of amides is 3. The minimum Gasteiger partial charge on any atom is -0.341 e. The molecule has 256 valence electrons. The highest BCUT2D eigenvalue weighted by Gasteiger charge is 2.48. The molecule has 3 heterocycles. The molecule has 3 aliphatic heterocycles. The molecule has 7 nitrogen and oxygen atoms in total. The van der Waals surface area contributed by atoms with Gasteiger partial charge < -0.3 is 19.6 Å². The van der Waals surface area contributed by atoms with E-state index in [0.29, 0.717) is 52.4 Å². The van der Waals surface area contributed by atoms with Crippen LogP contribution in [0, 0.1) is 17.7 Å². The number of benzene rings is 2. The van der Waals surface area contributed by atoms with Crippen molar-refractivity contribution in [3.05, 3.63) is 63.9 Å². The second-order valence-electron chi connectivity index (χ2n) is 12.8. The molecule has 2 aromatic carbocycles. The molecular weight excluding hydrogens is 659 g/mol. The van der Waals surface area contributed by atoms with Crippen LogP contribution in [0.1, 0.15) is 50.5 Å². The fourth-order valence-electron chi connectivity index (χ4n) is 7.05. The number of carbonyl (C=O) groups is 3. The SMILES string of the molecule is O=C([C@@H]1CCCN1C(=O)C(F)(F)F)N1CCC(C(=O)N(CCCN2CCC(Cc3ccc(F)cc3)CC2)c2ccc(Cl)c(Cl)c2)CC1. The van der Waals surface area contributed by atoms with Gasteiger partial charge in [-0.3, -0.25) is 14.4 Å². The number of alkyl halides is 3. The molecule has 0 radical (unpaired) electrons. The van der Waals surface area contributed by atoms with Gasteiger partial charge in [0.1, 0.15) is 11.9 Å². The van der Waals surface area contributed by atoms with Gasteiger partial charge in [0.15, 0.2) is 0 Å². The highest BCUT2D eigenvalue weighted by atomic mass is 35.5. The second kappa shape index (κ2) is 15.6. The molecule has 47 heavy (non-hydrogen) atoms. The van der Waals surface area contributed by atoms with E-state index < -0.39 is 24.0 Å². The van der Waals surface area contributed by atoms with E-state index in [9.17, 15) is 31.9 Å². The quantitative estimate of drug-likeness (QED) is 0.277. The smallest absolute Gasteiger partial charge is 0.341 e. The lowest BCUT2D eigenvalue weighted by Crippen LogP contribution is -2.53. The summed E-state index contributed by atoms with van der Waals surface area (Å²) in [6.07, 6.45) is -0.0122. The van der Waals surface area contributed by atoms with Crippen molar-refractivity contribution in [1.82, 2.24) is 14.7 Å². The third kappa shape index (κ3) is 8.97. The first-order chi connectivity index (χ1) is 22.4. The number of likely N-dealkylation sites (tertiary alicyclic amines) is 3. The molecule has 0 spiro atoms. The van der Waals surface area contributed by atoms with Gasteiger partial charge in [-0.05, 0) is 113 Å². The zero-order chi connectivity index (χ0) is 33.7. The second-order valence-corrected chi connectivity index (χ2v) is 13.6. The van der Waals surface area contributed by atoms with E-state index >= 15 is 0 Å². The molecule has 1 atom stereocenters. The van der Waals surface area contributed by atoms with Gasteiger partial charge in [0.25, 0.3) is 0 Å². The van der Waals surface area contributed by atoms with Gasteiger partial charge in [0.05, 0.1) is 10.0 Å². The van der Waals surface area contributed by atoms with Crippen molar-refractivity contribution >= 4 is 46.6 Å². The van der Waals surface area contributed by atoms with E-state index in [1.807, 2.05) is 12.1 Å². The molecule has 0 N–H and O–H groups in total. The van der Waals surface area contributed by atoms with Crippen LogP contribution in [-0.4, -0.2) is 90.5 Å². The maximum atomic E-state index is 13.9. The zero-order valence-electron chi connectivity index (χ0n) is 26.2. The Hall–Kier alpha value is -2.89. The molecule has 2 aromatic rings. The molecule has 13 heteroatoms. The summed E-state index contributed by atoms with van der Waals surface area (Å²) in [5.74, 6) is -2.63. The standard InChI is InChI=1S/C34H40Cl2F4N4O3/c35-28-9-8-27(22-29(28)36)43(16-2-14-41-17-10-24(11-18-41)21-23-4-6-26(37)7-5-23)31(45)25-12-19-42(20-13-25)32(46)30-3-1-15-44(30)33(47)34(38,39)40/h4-9,22,24-25,30H,1-3,10-21H2/t30-/m0/s1. The molecule has 0 unspecified atom stereocenters. The maximum absolute atomic E-state index is 13.9. The van der Waals surface area contributed by atoms with Crippen molar-refractivity contribution in [2.45, 2.75) is 63.6 Å². The molecule has 3 amide bonds. The van der Waals surface area contributed by atoms with Crippen LogP contribution in [0.2, 0.25) is 10.0 Å². The van der Waals surface area contributed by atoms with Crippen LogP contribution >= 0.6 is 23.2 Å². The van der Waals surface area contributed by atoms with Crippen LogP contribution in [-0.2, 0) is 20.8 Å². The molecule has 5 rings (SSSR count). The largest absolute Gasteiger partial charge is 0.471 e. The lowest BCUT2D eigenvalue weighted by molar-refractivity contribution is -0.187. The Morgan fingerprint density at radius 3 is 2.17 bits per heavy atom. The summed E-state index contributed by atoms with van der Waals surface area (Å²) in [7, 11) is 0. The first-order valence-corrected chi connectivity index (χ1v) is 17.1. The van der Waals surface area contributed by atoms with E-state index in [-0.39, 0.29) is 43.7 Å². The van der Waals surface area contributed by atoms with Crippen LogP contribution in [0.25, 0.3) is 0 Å². The number of hydrogen-bond acceptors (Lipinski definition) is 4. The number of nitrogens with zero attached hydrogens (tertiary/aromatic N) is 4. The lowest BCUT2D eigenvalue weighted by Gasteiger charge is -2.37. The summed E-state index contributed by atoms with van der Waals surface area (Å²) < 4.78 is 52.5. The average Bonchev–Trinajstić information content (AvgIpc) is 3.55. The lowest BCUT2D eigenvalue weighted by atomic mass is 9.90. The first kappa shape index (κ1) is 35.4. The fraction of sp³-hybridized carbons (Fsp3) is 0.559. The Morgan fingerprint density at radius 2 is 1.53 bits per heavy atom. The molecule has 0 saturated carbocycles. The Bertz CT molecular complexity index is 1410. The van der Waals surface area contributed by atoms with E-state index in [0.717, 1.165) is 50.9 Å². The van der Waals surface area contributed by atoms with Crippen LogP contribution in [0.15, 0.2) is 42.5 Å². The van der Waals surface area contributed by atoms with Gasteiger partial charge in [-0.25, -0.2) is 4.39 Å². The minimum absolute atomic E-state index is 0.0942. The van der Waals surface area contributed by atoms with Crippen LogP contribution in [0.3, 0.4) is 0 Å². The molecule has 3 saturated heterocycles. The Labute approximate surface area is 282 Å². The molecular formula is C34H40Cl2F4N4O3. The van der Waals surface area contributed by atoms with E-state index in [2.05, 4.69) is 4.90 Å². The number of halogens is 6. The summed E-state index contributed by atoms with van der Waals surface area (Å²) in [4.78, 5) is 45.3. The Morgan fingerprint density at radius 1 is 0.851 bits per heavy atom. The van der Waals surface area contributed by atoms with Crippen molar-refractivity contribution < 1.29 is 31.9 Å². The summed E-state index contributed by atoms with van der Waals surface area (Å²) in [5.41, 5.74) is 1.78. The van der Waals surface area contributed by atoms with E-state index in [1.54, 1.807) is 23.1 Å². The van der Waals surface area contributed by atoms with Gasteiger partial charge in [-0.2, -0.15) is 13.2 Å². The van der Waals surface area contributed by atoms with Crippen molar-refractivity contribution in [2.75, 3.05) is 50.7 Å². The highest BCUT2D eigenvalue weighted by Crippen LogP contribution is 2.32. The van der Waals surface area contributed by atoms with Gasteiger partial charge in [-0.15, -0.1) is 0 Å². The van der Waals surface area contributed by atoms with Gasteiger partial charge in [0.2, 0.25) is 11.8 Å². The maximum Gasteiger partial charge on any atom is 0.471 e. The Kier molecular flexibility index (Phi) is 11.7. The summed E-state index contributed by atoms with van der Waals surface area (Å²) in [6.45, 7) is 3.52. The number of piperidine rings is 2. The summed E-state index contributed by atoms with van der Waals surface area (Å²) in [5, 5.41) is 0.711. The molecule has 0 aliphatic carbocycles. The van der Waals surface area contributed by atoms with Crippen LogP contribution in [0.5, 0.6) is 0 Å². The predicted octanol–water partition coefficient (Wildman–Crippen LogP) is 6.60. The van der Waals surface area contributed by atoms with Gasteiger partial charge >= 0.3 is 12.1 Å². The zero-order valence-corrected chi connectivity index (χ0v) is 27.7. The number of hydrogen-bond donors (Lipinski definition) is 0. The van der Waals surface area contributed by atoms with Crippen LogP contribution in [0.4, 0.5) is 23.2 Å². The summed E-state index contributed by atoms with van der Waals surface area (Å²) in [6, 6.07) is 10.7. The average molecular weight is 700 g/mol. The van der Waals surface area contributed by atoms with E-state index in [1.165, 1.54) is 17.0 Å². The normalized spacial score (nSPS) is 20.1. The van der Waals surface area contributed by atoms with Crippen molar-refractivity contribution in [3.8, 4) is 0 Å². The molecule has 3 aliphatic rings. The van der Waals surface area contributed by atoms with Crippen LogP contribution < -0.4 is 4.90 Å². The fourth-order valence-corrected chi connectivity index (χ4v) is 7.34. The Balaban J connectivity index is 1.15. The number of anilines is 1.